The van der Waals surface area contributed by atoms with Gasteiger partial charge in [-0.05, 0) is 25.1 Å². The summed E-state index contributed by atoms with van der Waals surface area (Å²) in [4.78, 5) is 4.26. The van der Waals surface area contributed by atoms with E-state index in [0.29, 0.717) is 0 Å². The van der Waals surface area contributed by atoms with Gasteiger partial charge in [-0.3, -0.25) is 4.98 Å². The number of ether oxygens (including phenoxy) is 2. The molecule has 0 radical (unpaired) electrons. The highest BCUT2D eigenvalue weighted by molar-refractivity contribution is 5.85. The average Bonchev–Trinajstić information content (AvgIpc) is 2.38. The monoisotopic (exact) mass is 233 g/mol. The predicted molar refractivity (Wildman–Crippen MR) is 65.5 cm³/mol. The maximum absolute atomic E-state index is 8.99. The van der Waals surface area contributed by atoms with E-state index < -0.39 is 0 Å². The molecule has 1 N–H and O–H groups in total. The Morgan fingerprint density at radius 2 is 2.18 bits per heavy atom. The molecule has 0 aliphatic rings. The predicted octanol–water partition coefficient (Wildman–Crippen LogP) is 2.00. The fourth-order valence-electron chi connectivity index (χ4n) is 1.59. The number of methoxy groups -OCH3 is 1. The summed E-state index contributed by atoms with van der Waals surface area (Å²) >= 11 is 0. The van der Waals surface area contributed by atoms with Crippen LogP contribution in [0, 0.1) is 0 Å². The zero-order valence-corrected chi connectivity index (χ0v) is 9.88. The summed E-state index contributed by atoms with van der Waals surface area (Å²) in [6, 6.07) is 7.41. The maximum Gasteiger partial charge on any atom is 0.130 e. The highest BCUT2D eigenvalue weighted by atomic mass is 16.5. The molecular formula is C13H15NO3. The average molecular weight is 233 g/mol. The molecular weight excluding hydrogens is 218 g/mol. The second kappa shape index (κ2) is 5.01. The Bertz CT molecular complexity index is 513. The van der Waals surface area contributed by atoms with Crippen molar-refractivity contribution in [3.63, 3.8) is 0 Å². The van der Waals surface area contributed by atoms with Crippen molar-refractivity contribution in [2.45, 2.75) is 13.0 Å². The van der Waals surface area contributed by atoms with E-state index in [1.807, 2.05) is 25.1 Å². The summed E-state index contributed by atoms with van der Waals surface area (Å²) in [6.07, 6.45) is 1.45. The Hall–Kier alpha value is -1.81. The van der Waals surface area contributed by atoms with Crippen LogP contribution < -0.4 is 9.47 Å². The fraction of sp³-hybridized carbons (Fsp3) is 0.308. The third kappa shape index (κ3) is 2.47. The molecule has 0 fully saturated rings. The Balaban J connectivity index is 2.43. The first-order valence-corrected chi connectivity index (χ1v) is 5.45. The number of aliphatic hydroxyl groups is 1. The van der Waals surface area contributed by atoms with Crippen molar-refractivity contribution in [2.24, 2.45) is 0 Å². The van der Waals surface area contributed by atoms with Crippen molar-refractivity contribution < 1.29 is 14.6 Å². The molecule has 2 rings (SSSR count). The first kappa shape index (κ1) is 11.7. The molecule has 1 unspecified atom stereocenters. The van der Waals surface area contributed by atoms with Gasteiger partial charge in [0.15, 0.2) is 0 Å². The van der Waals surface area contributed by atoms with Gasteiger partial charge in [-0.25, -0.2) is 0 Å². The minimum absolute atomic E-state index is 0.0139. The smallest absolute Gasteiger partial charge is 0.130 e. The number of aliphatic hydroxyl groups excluding tert-OH is 1. The van der Waals surface area contributed by atoms with E-state index in [4.69, 9.17) is 14.6 Å². The van der Waals surface area contributed by atoms with Gasteiger partial charge in [0.2, 0.25) is 0 Å². The number of fused-ring (bicyclic) bond motifs is 1. The molecule has 1 aromatic carbocycles. The SMILES string of the molecule is COc1ccc2c(OC(C)CO)ccnc2c1. The van der Waals surface area contributed by atoms with Crippen LogP contribution in [0.3, 0.4) is 0 Å². The number of benzene rings is 1. The van der Waals surface area contributed by atoms with Crippen molar-refractivity contribution in [1.82, 2.24) is 4.98 Å². The van der Waals surface area contributed by atoms with Crippen LogP contribution in [0.4, 0.5) is 0 Å². The molecule has 1 aromatic heterocycles. The summed E-state index contributed by atoms with van der Waals surface area (Å²) < 4.78 is 10.8. The summed E-state index contributed by atoms with van der Waals surface area (Å²) in [5.74, 6) is 1.48. The van der Waals surface area contributed by atoms with Gasteiger partial charge >= 0.3 is 0 Å². The van der Waals surface area contributed by atoms with Crippen LogP contribution in [0.25, 0.3) is 10.9 Å². The van der Waals surface area contributed by atoms with Gasteiger partial charge in [0.05, 0.1) is 19.2 Å². The lowest BCUT2D eigenvalue weighted by Crippen LogP contribution is -2.16. The van der Waals surface area contributed by atoms with E-state index in [2.05, 4.69) is 4.98 Å². The first-order chi connectivity index (χ1) is 8.24. The van der Waals surface area contributed by atoms with Crippen LogP contribution in [-0.2, 0) is 0 Å². The third-order valence-electron chi connectivity index (χ3n) is 2.50. The summed E-state index contributed by atoms with van der Waals surface area (Å²) in [5, 5.41) is 9.90. The lowest BCUT2D eigenvalue weighted by atomic mass is 10.2. The zero-order valence-electron chi connectivity index (χ0n) is 9.88. The van der Waals surface area contributed by atoms with Crippen LogP contribution in [0.5, 0.6) is 11.5 Å². The Kier molecular flexibility index (Phi) is 3.44. The third-order valence-corrected chi connectivity index (χ3v) is 2.50. The molecule has 0 saturated carbocycles. The van der Waals surface area contributed by atoms with Crippen LogP contribution >= 0.6 is 0 Å². The lowest BCUT2D eigenvalue weighted by Gasteiger charge is -2.13. The van der Waals surface area contributed by atoms with Crippen LogP contribution in [-0.4, -0.2) is 29.9 Å². The molecule has 0 amide bonds. The van der Waals surface area contributed by atoms with Gasteiger partial charge in [-0.1, -0.05) is 0 Å². The molecule has 4 heteroatoms. The molecule has 2 aromatic rings. The largest absolute Gasteiger partial charge is 0.497 e. The van der Waals surface area contributed by atoms with Crippen LogP contribution in [0.15, 0.2) is 30.5 Å². The molecule has 0 aliphatic heterocycles. The molecule has 4 nitrogen and oxygen atoms in total. The van der Waals surface area contributed by atoms with Gasteiger partial charge in [0, 0.05) is 17.6 Å². The van der Waals surface area contributed by atoms with Crippen molar-refractivity contribution in [2.75, 3.05) is 13.7 Å². The van der Waals surface area contributed by atoms with Gasteiger partial charge < -0.3 is 14.6 Å². The molecule has 0 bridgehead atoms. The molecule has 1 atom stereocenters. The minimum Gasteiger partial charge on any atom is -0.497 e. The van der Waals surface area contributed by atoms with E-state index in [1.165, 1.54) is 0 Å². The first-order valence-electron chi connectivity index (χ1n) is 5.45. The molecule has 0 spiro atoms. The van der Waals surface area contributed by atoms with E-state index in [-0.39, 0.29) is 12.7 Å². The topological polar surface area (TPSA) is 51.6 Å². The number of nitrogens with zero attached hydrogens (tertiary/aromatic N) is 1. The Morgan fingerprint density at radius 3 is 2.88 bits per heavy atom. The molecule has 0 saturated heterocycles. The van der Waals surface area contributed by atoms with Gasteiger partial charge in [-0.15, -0.1) is 0 Å². The minimum atomic E-state index is -0.234. The summed E-state index contributed by atoms with van der Waals surface area (Å²) in [5.41, 5.74) is 0.812. The second-order valence-corrected chi connectivity index (χ2v) is 3.80. The number of hydrogen-bond acceptors (Lipinski definition) is 4. The standard InChI is InChI=1S/C13H15NO3/c1-9(8-15)17-13-5-6-14-12-7-10(16-2)3-4-11(12)13/h3-7,9,15H,8H2,1-2H3. The van der Waals surface area contributed by atoms with Crippen molar-refractivity contribution in [3.8, 4) is 11.5 Å². The second-order valence-electron chi connectivity index (χ2n) is 3.80. The highest BCUT2D eigenvalue weighted by Gasteiger charge is 2.07. The zero-order chi connectivity index (χ0) is 12.3. The van der Waals surface area contributed by atoms with Crippen LogP contribution in [0.1, 0.15) is 6.92 Å². The Morgan fingerprint density at radius 1 is 1.35 bits per heavy atom. The normalized spacial score (nSPS) is 12.4. The maximum atomic E-state index is 8.99. The number of hydrogen-bond donors (Lipinski definition) is 1. The Labute approximate surface area is 99.8 Å². The molecule has 0 aliphatic carbocycles. The summed E-state index contributed by atoms with van der Waals surface area (Å²) in [7, 11) is 1.62. The van der Waals surface area contributed by atoms with E-state index in [9.17, 15) is 0 Å². The molecule has 17 heavy (non-hydrogen) atoms. The van der Waals surface area contributed by atoms with Gasteiger partial charge in [0.1, 0.15) is 17.6 Å². The number of pyridine rings is 1. The lowest BCUT2D eigenvalue weighted by molar-refractivity contribution is 0.131. The quantitative estimate of drug-likeness (QED) is 0.877. The van der Waals surface area contributed by atoms with Gasteiger partial charge in [-0.2, -0.15) is 0 Å². The molecule has 1 heterocycles. The van der Waals surface area contributed by atoms with E-state index in [0.717, 1.165) is 22.4 Å². The van der Waals surface area contributed by atoms with Crippen molar-refractivity contribution >= 4 is 10.9 Å². The summed E-state index contributed by atoms with van der Waals surface area (Å²) in [6.45, 7) is 1.80. The molecule has 90 valence electrons. The van der Waals surface area contributed by atoms with E-state index >= 15 is 0 Å². The highest BCUT2D eigenvalue weighted by Crippen LogP contribution is 2.27. The van der Waals surface area contributed by atoms with E-state index in [1.54, 1.807) is 19.4 Å². The van der Waals surface area contributed by atoms with Crippen molar-refractivity contribution in [3.05, 3.63) is 30.5 Å². The fourth-order valence-corrected chi connectivity index (χ4v) is 1.59. The van der Waals surface area contributed by atoms with Crippen LogP contribution in [0.2, 0.25) is 0 Å². The van der Waals surface area contributed by atoms with Crippen molar-refractivity contribution in [1.29, 1.82) is 0 Å². The number of rotatable bonds is 4. The van der Waals surface area contributed by atoms with Gasteiger partial charge in [0.25, 0.3) is 0 Å². The number of aromatic nitrogens is 1.